The van der Waals surface area contributed by atoms with Crippen LogP contribution in [0, 0.1) is 13.8 Å². The molecule has 0 amide bonds. The Morgan fingerprint density at radius 3 is 2.35 bits per heavy atom. The minimum Gasteiger partial charge on any atom is -0.394 e. The summed E-state index contributed by atoms with van der Waals surface area (Å²) in [5, 5.41) is 13.4. The average molecular weight is 278 g/mol. The molecule has 114 valence electrons. The van der Waals surface area contributed by atoms with Crippen molar-refractivity contribution in [2.24, 2.45) is 0 Å². The van der Waals surface area contributed by atoms with E-state index in [1.54, 1.807) is 0 Å². The molecule has 1 rings (SSSR count). The molecule has 0 aliphatic heterocycles. The van der Waals surface area contributed by atoms with Gasteiger partial charge in [-0.3, -0.25) is 0 Å². The average Bonchev–Trinajstić information content (AvgIpc) is 2.43. The van der Waals surface area contributed by atoms with Crippen molar-refractivity contribution >= 4 is 0 Å². The first-order chi connectivity index (χ1) is 9.46. The number of benzene rings is 1. The molecule has 0 aliphatic carbocycles. The Bertz CT molecular complexity index is 415. The standard InChI is InChI=1S/C17H30N2O/c1-6-19(7-2)11-10-18-17(5,13-20)16-9-8-14(3)12-15(16)4/h8-9,12,18,20H,6-7,10-11,13H2,1-5H3. The van der Waals surface area contributed by atoms with Gasteiger partial charge in [-0.1, -0.05) is 37.6 Å². The molecule has 0 spiro atoms. The minimum atomic E-state index is -0.370. The number of hydrogen-bond acceptors (Lipinski definition) is 3. The number of likely N-dealkylation sites (N-methyl/N-ethyl adjacent to an activating group) is 1. The first kappa shape index (κ1) is 17.2. The second-order valence-corrected chi connectivity index (χ2v) is 5.76. The molecule has 0 bridgehead atoms. The maximum Gasteiger partial charge on any atom is 0.0652 e. The minimum absolute atomic E-state index is 0.106. The second kappa shape index (κ2) is 7.77. The van der Waals surface area contributed by atoms with E-state index in [2.05, 4.69) is 63.0 Å². The van der Waals surface area contributed by atoms with Crippen molar-refractivity contribution in [3.8, 4) is 0 Å². The van der Waals surface area contributed by atoms with Gasteiger partial charge in [-0.15, -0.1) is 0 Å². The smallest absolute Gasteiger partial charge is 0.0652 e. The van der Waals surface area contributed by atoms with Crippen molar-refractivity contribution in [1.29, 1.82) is 0 Å². The maximum atomic E-state index is 9.84. The highest BCUT2D eigenvalue weighted by Gasteiger charge is 2.26. The lowest BCUT2D eigenvalue weighted by molar-refractivity contribution is 0.168. The predicted molar refractivity (Wildman–Crippen MR) is 86.1 cm³/mol. The summed E-state index contributed by atoms with van der Waals surface area (Å²) in [5.74, 6) is 0. The summed E-state index contributed by atoms with van der Waals surface area (Å²) in [4.78, 5) is 2.38. The molecule has 0 radical (unpaired) electrons. The Kier molecular flexibility index (Phi) is 6.66. The lowest BCUT2D eigenvalue weighted by Gasteiger charge is -2.32. The fraction of sp³-hybridized carbons (Fsp3) is 0.647. The van der Waals surface area contributed by atoms with Gasteiger partial charge in [0.25, 0.3) is 0 Å². The van der Waals surface area contributed by atoms with Gasteiger partial charge in [0, 0.05) is 13.1 Å². The molecule has 3 nitrogen and oxygen atoms in total. The van der Waals surface area contributed by atoms with Gasteiger partial charge in [0.05, 0.1) is 12.1 Å². The first-order valence-corrected chi connectivity index (χ1v) is 7.62. The highest BCUT2D eigenvalue weighted by Crippen LogP contribution is 2.24. The van der Waals surface area contributed by atoms with Gasteiger partial charge < -0.3 is 15.3 Å². The molecular formula is C17H30N2O. The number of aliphatic hydroxyl groups excluding tert-OH is 1. The lowest BCUT2D eigenvalue weighted by atomic mass is 9.88. The largest absolute Gasteiger partial charge is 0.394 e. The quantitative estimate of drug-likeness (QED) is 0.767. The lowest BCUT2D eigenvalue weighted by Crippen LogP contribution is -2.46. The van der Waals surface area contributed by atoms with Crippen LogP contribution < -0.4 is 5.32 Å². The van der Waals surface area contributed by atoms with E-state index in [4.69, 9.17) is 0 Å². The van der Waals surface area contributed by atoms with Crippen LogP contribution in [0.2, 0.25) is 0 Å². The number of rotatable bonds is 8. The van der Waals surface area contributed by atoms with E-state index in [-0.39, 0.29) is 12.1 Å². The van der Waals surface area contributed by atoms with Crippen molar-refractivity contribution in [3.63, 3.8) is 0 Å². The summed E-state index contributed by atoms with van der Waals surface area (Å²) in [7, 11) is 0. The Balaban J connectivity index is 2.76. The molecule has 2 N–H and O–H groups in total. The third kappa shape index (κ3) is 4.30. The van der Waals surface area contributed by atoms with Gasteiger partial charge in [0.2, 0.25) is 0 Å². The zero-order chi connectivity index (χ0) is 15.2. The highest BCUT2D eigenvalue weighted by atomic mass is 16.3. The molecule has 0 saturated carbocycles. The van der Waals surface area contributed by atoms with E-state index < -0.39 is 0 Å². The van der Waals surface area contributed by atoms with E-state index in [1.807, 2.05) is 0 Å². The van der Waals surface area contributed by atoms with Gasteiger partial charge >= 0.3 is 0 Å². The Morgan fingerprint density at radius 1 is 1.20 bits per heavy atom. The van der Waals surface area contributed by atoms with Gasteiger partial charge in [-0.2, -0.15) is 0 Å². The van der Waals surface area contributed by atoms with Gasteiger partial charge in [-0.05, 0) is 45.0 Å². The molecule has 20 heavy (non-hydrogen) atoms. The number of nitrogens with zero attached hydrogens (tertiary/aromatic N) is 1. The van der Waals surface area contributed by atoms with Crippen molar-refractivity contribution in [2.75, 3.05) is 32.8 Å². The van der Waals surface area contributed by atoms with E-state index in [0.29, 0.717) is 0 Å². The van der Waals surface area contributed by atoms with Crippen LogP contribution in [-0.2, 0) is 5.54 Å². The highest BCUT2D eigenvalue weighted by molar-refractivity contribution is 5.35. The van der Waals surface area contributed by atoms with Crippen LogP contribution in [-0.4, -0.2) is 42.8 Å². The van der Waals surface area contributed by atoms with E-state index in [9.17, 15) is 5.11 Å². The summed E-state index contributed by atoms with van der Waals surface area (Å²) in [6.07, 6.45) is 0. The van der Waals surface area contributed by atoms with Gasteiger partial charge in [-0.25, -0.2) is 0 Å². The fourth-order valence-electron chi connectivity index (χ4n) is 2.70. The summed E-state index contributed by atoms with van der Waals surface area (Å²) in [6, 6.07) is 6.42. The molecule has 1 aromatic rings. The van der Waals surface area contributed by atoms with Crippen molar-refractivity contribution in [3.05, 3.63) is 34.9 Å². The summed E-state index contributed by atoms with van der Waals surface area (Å²) < 4.78 is 0. The third-order valence-corrected chi connectivity index (χ3v) is 4.13. The number of aryl methyl sites for hydroxylation is 2. The molecule has 0 heterocycles. The Labute approximate surface area is 124 Å². The Morgan fingerprint density at radius 2 is 1.85 bits per heavy atom. The van der Waals surface area contributed by atoms with Crippen LogP contribution in [0.25, 0.3) is 0 Å². The molecule has 1 unspecified atom stereocenters. The third-order valence-electron chi connectivity index (χ3n) is 4.13. The Hall–Kier alpha value is -0.900. The summed E-state index contributed by atoms with van der Waals surface area (Å²) >= 11 is 0. The van der Waals surface area contributed by atoms with Crippen molar-refractivity contribution < 1.29 is 5.11 Å². The molecule has 0 saturated heterocycles. The number of nitrogens with one attached hydrogen (secondary N) is 1. The van der Waals surface area contributed by atoms with E-state index >= 15 is 0 Å². The monoisotopic (exact) mass is 278 g/mol. The maximum absolute atomic E-state index is 9.84. The molecular weight excluding hydrogens is 248 g/mol. The molecule has 1 aromatic carbocycles. The zero-order valence-corrected chi connectivity index (χ0v) is 13.7. The first-order valence-electron chi connectivity index (χ1n) is 7.62. The molecule has 0 aromatic heterocycles. The van der Waals surface area contributed by atoms with Crippen LogP contribution in [0.3, 0.4) is 0 Å². The number of aliphatic hydroxyl groups is 1. The van der Waals surface area contributed by atoms with Crippen molar-refractivity contribution in [2.45, 2.75) is 40.2 Å². The SMILES string of the molecule is CCN(CC)CCNC(C)(CO)c1ccc(C)cc1C. The number of hydrogen-bond donors (Lipinski definition) is 2. The normalized spacial score (nSPS) is 14.6. The van der Waals surface area contributed by atoms with Crippen LogP contribution >= 0.6 is 0 Å². The van der Waals surface area contributed by atoms with Crippen molar-refractivity contribution in [1.82, 2.24) is 10.2 Å². The topological polar surface area (TPSA) is 35.5 Å². The summed E-state index contributed by atoms with van der Waals surface area (Å²) in [5.41, 5.74) is 3.31. The molecule has 0 aliphatic rings. The van der Waals surface area contributed by atoms with Crippen LogP contribution in [0.15, 0.2) is 18.2 Å². The second-order valence-electron chi connectivity index (χ2n) is 5.76. The molecule has 0 fully saturated rings. The van der Waals surface area contributed by atoms with Crippen LogP contribution in [0.4, 0.5) is 0 Å². The predicted octanol–water partition coefficient (Wildman–Crippen LogP) is 2.44. The van der Waals surface area contributed by atoms with Gasteiger partial charge in [0.1, 0.15) is 0 Å². The fourth-order valence-corrected chi connectivity index (χ4v) is 2.70. The molecule has 1 atom stereocenters. The zero-order valence-electron chi connectivity index (χ0n) is 13.7. The van der Waals surface area contributed by atoms with E-state index in [1.165, 1.54) is 16.7 Å². The molecule has 3 heteroatoms. The summed E-state index contributed by atoms with van der Waals surface area (Å²) in [6.45, 7) is 14.8. The van der Waals surface area contributed by atoms with Crippen LogP contribution in [0.5, 0.6) is 0 Å². The van der Waals surface area contributed by atoms with Gasteiger partial charge in [0.15, 0.2) is 0 Å². The van der Waals surface area contributed by atoms with E-state index in [0.717, 1.165) is 26.2 Å². The van der Waals surface area contributed by atoms with Crippen LogP contribution in [0.1, 0.15) is 37.5 Å².